The molecule has 0 aliphatic carbocycles. The van der Waals surface area contributed by atoms with Crippen LogP contribution in [0.3, 0.4) is 0 Å². The molecule has 1 aliphatic rings. The van der Waals surface area contributed by atoms with Crippen molar-refractivity contribution < 1.29 is 9.59 Å². The Morgan fingerprint density at radius 2 is 2.08 bits per heavy atom. The number of thiophene rings is 1. The molecule has 0 bridgehead atoms. The Morgan fingerprint density at radius 1 is 1.23 bits per heavy atom. The van der Waals surface area contributed by atoms with Crippen LogP contribution in [-0.2, 0) is 0 Å². The van der Waals surface area contributed by atoms with Gasteiger partial charge in [0.2, 0.25) is 0 Å². The van der Waals surface area contributed by atoms with Crippen LogP contribution in [-0.4, -0.2) is 47.2 Å². The minimum absolute atomic E-state index is 0.00565. The van der Waals surface area contributed by atoms with Crippen molar-refractivity contribution in [2.45, 2.75) is 18.9 Å². The first-order valence-electron chi connectivity index (χ1n) is 8.50. The third kappa shape index (κ3) is 3.01. The highest BCUT2D eigenvalue weighted by atomic mass is 32.1. The predicted octanol–water partition coefficient (Wildman–Crippen LogP) is 4.04. The van der Waals surface area contributed by atoms with Gasteiger partial charge in [0.05, 0.1) is 26.6 Å². The Labute approximate surface area is 159 Å². The van der Waals surface area contributed by atoms with Gasteiger partial charge in [-0.25, -0.2) is 4.98 Å². The molecule has 4 rings (SSSR count). The molecule has 0 radical (unpaired) electrons. The predicted molar refractivity (Wildman–Crippen MR) is 105 cm³/mol. The number of carbonyl (C=O) groups excluding carboxylic acids is 2. The average molecular weight is 386 g/mol. The lowest BCUT2D eigenvalue weighted by Gasteiger charge is -2.24. The van der Waals surface area contributed by atoms with Crippen LogP contribution < -0.4 is 0 Å². The van der Waals surface area contributed by atoms with E-state index in [0.29, 0.717) is 10.4 Å². The number of aromatic nitrogens is 1. The summed E-state index contributed by atoms with van der Waals surface area (Å²) in [5.41, 5.74) is 3.34. The van der Waals surface area contributed by atoms with E-state index in [-0.39, 0.29) is 17.9 Å². The molecule has 2 amide bonds. The van der Waals surface area contributed by atoms with Gasteiger partial charge >= 0.3 is 0 Å². The first-order valence-corrected chi connectivity index (χ1v) is 10.2. The molecular formula is C19H19N3O2S2. The second kappa shape index (κ2) is 6.81. The van der Waals surface area contributed by atoms with Crippen molar-refractivity contribution in [1.29, 1.82) is 0 Å². The van der Waals surface area contributed by atoms with Crippen molar-refractivity contribution in [2.75, 3.05) is 20.6 Å². The Bertz CT molecular complexity index is 976. The van der Waals surface area contributed by atoms with Gasteiger partial charge in [-0.05, 0) is 43.2 Å². The average Bonchev–Trinajstić information content (AvgIpc) is 3.38. The SMILES string of the molecule is CN(C)C(=O)c1ccc(C2CCCN2C(=O)c2ccc3scnc3c2)s1. The van der Waals surface area contributed by atoms with Crippen molar-refractivity contribution in [1.82, 2.24) is 14.8 Å². The number of carbonyl (C=O) groups is 2. The summed E-state index contributed by atoms with van der Waals surface area (Å²) in [5.74, 6) is 0.0439. The Morgan fingerprint density at radius 3 is 2.88 bits per heavy atom. The summed E-state index contributed by atoms with van der Waals surface area (Å²) in [4.78, 5) is 34.9. The maximum absolute atomic E-state index is 13.1. The van der Waals surface area contributed by atoms with E-state index in [9.17, 15) is 9.59 Å². The monoisotopic (exact) mass is 385 g/mol. The second-order valence-electron chi connectivity index (χ2n) is 6.59. The third-order valence-electron chi connectivity index (χ3n) is 4.66. The smallest absolute Gasteiger partial charge is 0.263 e. The zero-order valence-electron chi connectivity index (χ0n) is 14.6. The van der Waals surface area contributed by atoms with Gasteiger partial charge in [-0.1, -0.05) is 0 Å². The summed E-state index contributed by atoms with van der Waals surface area (Å²) in [6.45, 7) is 0.744. The molecule has 1 aromatic carbocycles. The van der Waals surface area contributed by atoms with Gasteiger partial charge in [0, 0.05) is 31.1 Å². The molecule has 0 spiro atoms. The van der Waals surface area contributed by atoms with Crippen LogP contribution in [0.5, 0.6) is 0 Å². The maximum Gasteiger partial charge on any atom is 0.263 e. The largest absolute Gasteiger partial charge is 0.344 e. The van der Waals surface area contributed by atoms with Crippen molar-refractivity contribution in [2.24, 2.45) is 0 Å². The molecule has 26 heavy (non-hydrogen) atoms. The number of rotatable bonds is 3. The van der Waals surface area contributed by atoms with Gasteiger partial charge in [-0.3, -0.25) is 9.59 Å². The summed E-state index contributed by atoms with van der Waals surface area (Å²) in [5, 5.41) is 0. The van der Waals surface area contributed by atoms with Crippen molar-refractivity contribution in [3.05, 3.63) is 51.2 Å². The quantitative estimate of drug-likeness (QED) is 0.684. The number of fused-ring (bicyclic) bond motifs is 1. The normalized spacial score (nSPS) is 17.0. The van der Waals surface area contributed by atoms with E-state index in [0.717, 1.165) is 34.5 Å². The molecule has 2 aromatic heterocycles. The van der Waals surface area contributed by atoms with E-state index in [1.54, 1.807) is 35.8 Å². The molecule has 134 valence electrons. The summed E-state index contributed by atoms with van der Waals surface area (Å²) >= 11 is 3.07. The summed E-state index contributed by atoms with van der Waals surface area (Å²) < 4.78 is 1.09. The van der Waals surface area contributed by atoms with Gasteiger partial charge in [0.25, 0.3) is 11.8 Å². The van der Waals surface area contributed by atoms with Crippen molar-refractivity contribution in [3.8, 4) is 0 Å². The Hall–Kier alpha value is -2.25. The van der Waals surface area contributed by atoms with Crippen LogP contribution in [0.4, 0.5) is 0 Å². The van der Waals surface area contributed by atoms with Gasteiger partial charge in [0.15, 0.2) is 0 Å². The van der Waals surface area contributed by atoms with E-state index in [4.69, 9.17) is 0 Å². The molecule has 0 N–H and O–H groups in total. The second-order valence-corrected chi connectivity index (χ2v) is 8.59. The molecular weight excluding hydrogens is 366 g/mol. The number of hydrogen-bond acceptors (Lipinski definition) is 5. The highest BCUT2D eigenvalue weighted by Gasteiger charge is 2.32. The molecule has 3 aromatic rings. The van der Waals surface area contributed by atoms with Crippen molar-refractivity contribution in [3.63, 3.8) is 0 Å². The van der Waals surface area contributed by atoms with Gasteiger partial charge < -0.3 is 9.80 Å². The molecule has 1 fully saturated rings. The first kappa shape index (κ1) is 17.2. The fourth-order valence-corrected chi connectivity index (χ4v) is 5.17. The Kier molecular flexibility index (Phi) is 4.50. The molecule has 5 nitrogen and oxygen atoms in total. The summed E-state index contributed by atoms with van der Waals surface area (Å²) in [7, 11) is 3.50. The van der Waals surface area contributed by atoms with Crippen molar-refractivity contribution >= 4 is 44.7 Å². The fourth-order valence-electron chi connectivity index (χ4n) is 3.33. The lowest BCUT2D eigenvalue weighted by atomic mass is 10.1. The van der Waals surface area contributed by atoms with Gasteiger partial charge in [0.1, 0.15) is 0 Å². The number of nitrogens with zero attached hydrogens (tertiary/aromatic N) is 3. The molecule has 1 unspecified atom stereocenters. The molecule has 3 heterocycles. The number of hydrogen-bond donors (Lipinski definition) is 0. The minimum atomic E-state index is 0.00565. The highest BCUT2D eigenvalue weighted by molar-refractivity contribution is 7.16. The van der Waals surface area contributed by atoms with E-state index in [2.05, 4.69) is 4.98 Å². The lowest BCUT2D eigenvalue weighted by Crippen LogP contribution is -2.30. The highest BCUT2D eigenvalue weighted by Crippen LogP contribution is 2.37. The molecule has 1 saturated heterocycles. The van der Waals surface area contributed by atoms with Crippen LogP contribution in [0, 0.1) is 0 Å². The lowest BCUT2D eigenvalue weighted by molar-refractivity contribution is 0.0737. The maximum atomic E-state index is 13.1. The fraction of sp³-hybridized carbons (Fsp3) is 0.316. The number of likely N-dealkylation sites (tertiary alicyclic amines) is 1. The zero-order valence-corrected chi connectivity index (χ0v) is 16.3. The topological polar surface area (TPSA) is 53.5 Å². The molecule has 1 atom stereocenters. The Balaban J connectivity index is 1.60. The number of thiazole rings is 1. The van der Waals surface area contributed by atoms with E-state index in [1.165, 1.54) is 11.3 Å². The molecule has 7 heteroatoms. The van der Waals surface area contributed by atoms with Crippen LogP contribution >= 0.6 is 22.7 Å². The number of benzene rings is 1. The summed E-state index contributed by atoms with van der Waals surface area (Å²) in [6.07, 6.45) is 1.91. The summed E-state index contributed by atoms with van der Waals surface area (Å²) in [6, 6.07) is 9.62. The molecule has 0 saturated carbocycles. The standard InChI is InChI=1S/C19H19N3O2S2/c1-21(2)19(24)17-8-7-16(26-17)14-4-3-9-22(14)18(23)12-5-6-15-13(10-12)20-11-25-15/h5-8,10-11,14H,3-4,9H2,1-2H3. The third-order valence-corrected chi connectivity index (χ3v) is 6.65. The number of amides is 2. The van der Waals surface area contributed by atoms with Crippen LogP contribution in [0.2, 0.25) is 0 Å². The zero-order chi connectivity index (χ0) is 18.3. The first-order chi connectivity index (χ1) is 12.5. The van der Waals surface area contributed by atoms with E-state index in [1.807, 2.05) is 35.2 Å². The van der Waals surface area contributed by atoms with E-state index < -0.39 is 0 Å². The van der Waals surface area contributed by atoms with Crippen LogP contribution in [0.15, 0.2) is 35.8 Å². The minimum Gasteiger partial charge on any atom is -0.344 e. The van der Waals surface area contributed by atoms with Gasteiger partial charge in [-0.15, -0.1) is 22.7 Å². The molecule has 1 aliphatic heterocycles. The van der Waals surface area contributed by atoms with Crippen LogP contribution in [0.1, 0.15) is 43.8 Å². The van der Waals surface area contributed by atoms with E-state index >= 15 is 0 Å². The van der Waals surface area contributed by atoms with Gasteiger partial charge in [-0.2, -0.15) is 0 Å². The van der Waals surface area contributed by atoms with Crippen LogP contribution in [0.25, 0.3) is 10.2 Å².